The molecule has 32 heavy (non-hydrogen) atoms. The average molecular weight is 482 g/mol. The van der Waals surface area contributed by atoms with E-state index in [1.807, 2.05) is 0 Å². The van der Waals surface area contributed by atoms with E-state index in [0.29, 0.717) is 32.4 Å². The van der Waals surface area contributed by atoms with Crippen LogP contribution in [-0.4, -0.2) is 73.5 Å². The Morgan fingerprint density at radius 2 is 1.50 bits per heavy atom. The van der Waals surface area contributed by atoms with Crippen LogP contribution in [0, 0.1) is 11.3 Å². The Bertz CT molecular complexity index is 530. The maximum Gasteiger partial charge on any atom is 0.307 e. The molecule has 0 fully saturated rings. The average Bonchev–Trinajstić information content (AvgIpc) is 2.71. The summed E-state index contributed by atoms with van der Waals surface area (Å²) in [6, 6.07) is 0. The van der Waals surface area contributed by atoms with Crippen LogP contribution >= 0.6 is 12.4 Å². The number of carbonyl (C=O) groups excluding carboxylic acids is 2. The third-order valence-corrected chi connectivity index (χ3v) is 5.16. The first-order chi connectivity index (χ1) is 14.6. The van der Waals surface area contributed by atoms with Gasteiger partial charge in [-0.25, -0.2) is 0 Å². The second-order valence-electron chi connectivity index (χ2n) is 8.97. The van der Waals surface area contributed by atoms with Crippen molar-refractivity contribution in [1.82, 2.24) is 4.90 Å². The Morgan fingerprint density at radius 3 is 2.03 bits per heavy atom. The first kappa shape index (κ1) is 32.8. The summed E-state index contributed by atoms with van der Waals surface area (Å²) >= 11 is 0. The molecular weight excluding hydrogens is 438 g/mol. The van der Waals surface area contributed by atoms with Crippen molar-refractivity contribution in [1.29, 1.82) is 0 Å². The number of carboxylic acid groups (broad SMARTS) is 1. The van der Waals surface area contributed by atoms with Gasteiger partial charge < -0.3 is 24.6 Å². The van der Waals surface area contributed by atoms with Crippen molar-refractivity contribution < 1.29 is 34.1 Å². The van der Waals surface area contributed by atoms with Crippen LogP contribution in [-0.2, 0) is 23.9 Å². The van der Waals surface area contributed by atoms with Crippen molar-refractivity contribution in [3.05, 3.63) is 0 Å². The van der Waals surface area contributed by atoms with Crippen LogP contribution in [0.25, 0.3) is 0 Å². The Kier molecular flexibility index (Phi) is 19.6. The zero-order valence-corrected chi connectivity index (χ0v) is 21.1. The van der Waals surface area contributed by atoms with Gasteiger partial charge >= 0.3 is 17.9 Å². The number of hydrogen-bond donors (Lipinski definition) is 2. The van der Waals surface area contributed by atoms with Gasteiger partial charge in [-0.05, 0) is 39.8 Å². The van der Waals surface area contributed by atoms with Gasteiger partial charge in [-0.1, -0.05) is 39.5 Å². The van der Waals surface area contributed by atoms with E-state index >= 15 is 0 Å². The maximum atomic E-state index is 12.0. The van der Waals surface area contributed by atoms with Crippen LogP contribution in [0.15, 0.2) is 0 Å². The first-order valence-electron chi connectivity index (χ1n) is 11.4. The molecule has 0 aromatic rings. The van der Waals surface area contributed by atoms with E-state index in [0.717, 1.165) is 19.3 Å². The highest BCUT2D eigenvalue weighted by molar-refractivity contribution is 5.85. The third kappa shape index (κ3) is 17.2. The Labute approximate surface area is 199 Å². The number of aliphatic carboxylic acids is 1. The number of carbonyl (C=O) groups is 3. The number of hydrogen-bond acceptors (Lipinski definition) is 7. The molecule has 8 nitrogen and oxygen atoms in total. The number of esters is 2. The van der Waals surface area contributed by atoms with Gasteiger partial charge in [0.15, 0.2) is 0 Å². The van der Waals surface area contributed by atoms with Crippen molar-refractivity contribution in [3.63, 3.8) is 0 Å². The fourth-order valence-electron chi connectivity index (χ4n) is 3.26. The molecule has 0 heterocycles. The number of aliphatic hydroxyl groups excluding tert-OH is 1. The van der Waals surface area contributed by atoms with Gasteiger partial charge in [0.05, 0.1) is 25.7 Å². The number of carboxylic acids is 1. The molecule has 0 aliphatic carbocycles. The monoisotopic (exact) mass is 481 g/mol. The zero-order chi connectivity index (χ0) is 23.7. The van der Waals surface area contributed by atoms with Gasteiger partial charge in [-0.15, -0.1) is 12.4 Å². The van der Waals surface area contributed by atoms with E-state index in [1.54, 1.807) is 25.9 Å². The standard InChI is InChI=1S/C23H43NO7.ClH/c1-5-6-7-8-9-12-20(26)30-14-11-10-13-21(27)31-18-23(2,17-25)15-19(22(28)29)16-24(3)4;/h19,25H,5-18H2,1-4H3,(H,28,29);1H. The fraction of sp³-hybridized carbons (Fsp3) is 0.870. The summed E-state index contributed by atoms with van der Waals surface area (Å²) in [5, 5.41) is 19.1. The maximum absolute atomic E-state index is 12.0. The van der Waals surface area contributed by atoms with Crippen LogP contribution in [0.5, 0.6) is 0 Å². The normalized spacial score (nSPS) is 13.7. The molecule has 2 unspecified atom stereocenters. The number of rotatable bonds is 19. The first-order valence-corrected chi connectivity index (χ1v) is 11.4. The Balaban J connectivity index is 0. The summed E-state index contributed by atoms with van der Waals surface area (Å²) in [5.41, 5.74) is -0.818. The number of halogens is 1. The highest BCUT2D eigenvalue weighted by Gasteiger charge is 2.33. The van der Waals surface area contributed by atoms with Crippen LogP contribution in [0.1, 0.15) is 78.1 Å². The van der Waals surface area contributed by atoms with Gasteiger partial charge in [-0.2, -0.15) is 0 Å². The summed E-state index contributed by atoms with van der Waals surface area (Å²) in [5.74, 6) is -2.19. The highest BCUT2D eigenvalue weighted by Crippen LogP contribution is 2.27. The Hall–Kier alpha value is -1.38. The lowest BCUT2D eigenvalue weighted by molar-refractivity contribution is -0.150. The minimum absolute atomic E-state index is 0. The van der Waals surface area contributed by atoms with Crippen LogP contribution < -0.4 is 0 Å². The predicted octanol–water partition coefficient (Wildman–Crippen LogP) is 3.68. The van der Waals surface area contributed by atoms with Crippen LogP contribution in [0.4, 0.5) is 0 Å². The van der Waals surface area contributed by atoms with E-state index in [2.05, 4.69) is 6.92 Å². The number of ether oxygens (including phenoxy) is 2. The molecule has 9 heteroatoms. The molecule has 0 radical (unpaired) electrons. The molecule has 0 aliphatic heterocycles. The van der Waals surface area contributed by atoms with Gasteiger partial charge in [0.2, 0.25) is 0 Å². The fourth-order valence-corrected chi connectivity index (χ4v) is 3.26. The van der Waals surface area contributed by atoms with E-state index < -0.39 is 23.3 Å². The molecule has 190 valence electrons. The second-order valence-corrected chi connectivity index (χ2v) is 8.97. The lowest BCUT2D eigenvalue weighted by Crippen LogP contribution is -2.37. The van der Waals surface area contributed by atoms with Crippen molar-refractivity contribution in [3.8, 4) is 0 Å². The van der Waals surface area contributed by atoms with Gasteiger partial charge in [0, 0.05) is 24.8 Å². The minimum Gasteiger partial charge on any atom is -0.481 e. The Morgan fingerprint density at radius 1 is 0.938 bits per heavy atom. The smallest absolute Gasteiger partial charge is 0.307 e. The topological polar surface area (TPSA) is 113 Å². The van der Waals surface area contributed by atoms with E-state index in [1.165, 1.54) is 12.8 Å². The molecule has 0 amide bonds. The largest absolute Gasteiger partial charge is 0.481 e. The SMILES string of the molecule is CCCCCCCC(=O)OCCCCC(=O)OCC(C)(CO)CC(CN(C)C)C(=O)O.Cl. The molecule has 0 aromatic carbocycles. The van der Waals surface area contributed by atoms with E-state index in [-0.39, 0.29) is 44.4 Å². The van der Waals surface area contributed by atoms with E-state index in [4.69, 9.17) is 9.47 Å². The molecule has 0 aromatic heterocycles. The number of nitrogens with zero attached hydrogens (tertiary/aromatic N) is 1. The molecule has 0 bridgehead atoms. The predicted molar refractivity (Wildman–Crippen MR) is 126 cm³/mol. The number of aliphatic hydroxyl groups is 1. The van der Waals surface area contributed by atoms with Gasteiger partial charge in [-0.3, -0.25) is 14.4 Å². The molecule has 0 saturated heterocycles. The van der Waals surface area contributed by atoms with Crippen molar-refractivity contribution in [2.45, 2.75) is 78.1 Å². The summed E-state index contributed by atoms with van der Waals surface area (Å²) < 4.78 is 10.5. The molecular formula is C23H44ClNO7. The highest BCUT2D eigenvalue weighted by atomic mass is 35.5. The van der Waals surface area contributed by atoms with Gasteiger partial charge in [0.1, 0.15) is 0 Å². The molecule has 0 aliphatic rings. The third-order valence-electron chi connectivity index (χ3n) is 5.16. The summed E-state index contributed by atoms with van der Waals surface area (Å²) in [4.78, 5) is 36.9. The minimum atomic E-state index is -0.935. The van der Waals surface area contributed by atoms with Crippen molar-refractivity contribution >= 4 is 30.3 Å². The zero-order valence-electron chi connectivity index (χ0n) is 20.3. The summed E-state index contributed by atoms with van der Waals surface area (Å²) in [6.07, 6.45) is 7.37. The van der Waals surface area contributed by atoms with Crippen LogP contribution in [0.2, 0.25) is 0 Å². The quantitative estimate of drug-likeness (QED) is 0.212. The molecule has 2 N–H and O–H groups in total. The van der Waals surface area contributed by atoms with Crippen molar-refractivity contribution in [2.24, 2.45) is 11.3 Å². The van der Waals surface area contributed by atoms with Crippen molar-refractivity contribution in [2.75, 3.05) is 40.5 Å². The van der Waals surface area contributed by atoms with Crippen LogP contribution in [0.3, 0.4) is 0 Å². The van der Waals surface area contributed by atoms with E-state index in [9.17, 15) is 24.6 Å². The molecule has 0 saturated carbocycles. The van der Waals surface area contributed by atoms with Gasteiger partial charge in [0.25, 0.3) is 0 Å². The summed E-state index contributed by atoms with van der Waals surface area (Å²) in [7, 11) is 3.58. The molecule has 2 atom stereocenters. The number of unbranched alkanes of at least 4 members (excludes halogenated alkanes) is 5. The summed E-state index contributed by atoms with van der Waals surface area (Å²) in [6.45, 7) is 4.19. The second kappa shape index (κ2) is 19.1. The lowest BCUT2D eigenvalue weighted by Gasteiger charge is -2.30. The molecule has 0 rings (SSSR count). The lowest BCUT2D eigenvalue weighted by atomic mass is 9.82. The molecule has 0 spiro atoms.